The van der Waals surface area contributed by atoms with Crippen LogP contribution in [0.15, 0.2) is 101 Å². The van der Waals surface area contributed by atoms with Crippen LogP contribution in [0.5, 0.6) is 11.5 Å². The van der Waals surface area contributed by atoms with Crippen LogP contribution in [0.2, 0.25) is 0 Å². The van der Waals surface area contributed by atoms with Crippen molar-refractivity contribution in [3.05, 3.63) is 107 Å². The van der Waals surface area contributed by atoms with E-state index in [1.807, 2.05) is 67.6 Å². The standard InChI is InChI=1S/C31H29NO5/c1-20-28(31(35)37-17-16-36-25-10-6-3-7-11-25)29(22-12-14-24(33)15-13-22)30-26(32-20)18-23(19-27(30)34)21-8-4-2-5-9-21/h2-15,23,28-29,33H,16-19H2,1H3/t23-,28?,29+/m1/s1. The second-order valence-corrected chi connectivity index (χ2v) is 9.43. The summed E-state index contributed by atoms with van der Waals surface area (Å²) < 4.78 is 11.3. The van der Waals surface area contributed by atoms with Gasteiger partial charge in [-0.15, -0.1) is 0 Å². The molecule has 3 aromatic rings. The fourth-order valence-electron chi connectivity index (χ4n) is 5.28. The fourth-order valence-corrected chi connectivity index (χ4v) is 5.28. The molecular formula is C31H29NO5. The van der Waals surface area contributed by atoms with Crippen LogP contribution < -0.4 is 4.74 Å². The minimum Gasteiger partial charge on any atom is -0.508 e. The van der Waals surface area contributed by atoms with Gasteiger partial charge in [0.15, 0.2) is 5.78 Å². The third-order valence-electron chi connectivity index (χ3n) is 7.01. The highest BCUT2D eigenvalue weighted by Gasteiger charge is 2.44. The first-order valence-electron chi connectivity index (χ1n) is 12.5. The largest absolute Gasteiger partial charge is 0.508 e. The monoisotopic (exact) mass is 495 g/mol. The Labute approximate surface area is 216 Å². The number of carbonyl (C=O) groups excluding carboxylic acids is 2. The molecule has 0 spiro atoms. The lowest BCUT2D eigenvalue weighted by atomic mass is 9.69. The number of ketones is 1. The SMILES string of the molecule is CC1=NC2=C(C(=O)C[C@H](c3ccccc3)C2)[C@@H](c2ccc(O)cc2)C1C(=O)OCCOc1ccccc1. The molecule has 0 saturated heterocycles. The van der Waals surface area contributed by atoms with Crippen LogP contribution in [0.1, 0.15) is 42.7 Å². The van der Waals surface area contributed by atoms with Crippen molar-refractivity contribution in [1.29, 1.82) is 0 Å². The molecule has 0 saturated carbocycles. The topological polar surface area (TPSA) is 85.2 Å². The van der Waals surface area contributed by atoms with Gasteiger partial charge < -0.3 is 14.6 Å². The van der Waals surface area contributed by atoms with E-state index in [-0.39, 0.29) is 30.7 Å². The molecule has 188 valence electrons. The smallest absolute Gasteiger partial charge is 0.315 e. The first-order valence-corrected chi connectivity index (χ1v) is 12.5. The molecule has 6 nitrogen and oxygen atoms in total. The average molecular weight is 496 g/mol. The molecule has 1 unspecified atom stereocenters. The summed E-state index contributed by atoms with van der Waals surface area (Å²) in [5.74, 6) is -0.850. The maximum atomic E-state index is 13.6. The van der Waals surface area contributed by atoms with Crippen molar-refractivity contribution in [2.24, 2.45) is 10.9 Å². The number of rotatable bonds is 7. The Balaban J connectivity index is 1.41. The van der Waals surface area contributed by atoms with Crippen LogP contribution >= 0.6 is 0 Å². The predicted octanol–water partition coefficient (Wildman–Crippen LogP) is 5.59. The first kappa shape index (κ1) is 24.5. The van der Waals surface area contributed by atoms with Gasteiger partial charge in [0.25, 0.3) is 0 Å². The number of esters is 1. The zero-order valence-corrected chi connectivity index (χ0v) is 20.7. The molecule has 3 atom stereocenters. The lowest BCUT2D eigenvalue weighted by Gasteiger charge is -2.36. The second-order valence-electron chi connectivity index (χ2n) is 9.43. The van der Waals surface area contributed by atoms with E-state index in [4.69, 9.17) is 14.5 Å². The van der Waals surface area contributed by atoms with Gasteiger partial charge in [-0.1, -0.05) is 60.7 Å². The molecule has 1 heterocycles. The molecule has 1 N–H and O–H groups in total. The average Bonchev–Trinajstić information content (AvgIpc) is 2.91. The Kier molecular flexibility index (Phi) is 7.17. The highest BCUT2D eigenvalue weighted by molar-refractivity contribution is 6.09. The maximum Gasteiger partial charge on any atom is 0.315 e. The number of carbonyl (C=O) groups is 2. The quantitative estimate of drug-likeness (QED) is 0.341. The zero-order valence-electron chi connectivity index (χ0n) is 20.7. The number of Topliss-reactive ketones (excluding diaryl/α,β-unsaturated/α-hetero) is 1. The third-order valence-corrected chi connectivity index (χ3v) is 7.01. The first-order chi connectivity index (χ1) is 18.0. The number of ether oxygens (including phenoxy) is 2. The number of allylic oxidation sites excluding steroid dienone is 2. The molecule has 0 bridgehead atoms. The normalized spacial score (nSPS) is 21.2. The van der Waals surface area contributed by atoms with Crippen molar-refractivity contribution in [3.8, 4) is 11.5 Å². The number of aliphatic imine (C=N–C) groups is 1. The van der Waals surface area contributed by atoms with E-state index in [0.717, 1.165) is 16.8 Å². The number of aromatic hydroxyl groups is 1. The summed E-state index contributed by atoms with van der Waals surface area (Å²) in [5.41, 5.74) is 3.81. The fraction of sp³-hybridized carbons (Fsp3) is 0.258. The Bertz CT molecular complexity index is 1330. The number of hydrogen-bond acceptors (Lipinski definition) is 6. The molecule has 1 aliphatic carbocycles. The van der Waals surface area contributed by atoms with E-state index >= 15 is 0 Å². The highest BCUT2D eigenvalue weighted by Crippen LogP contribution is 2.47. The van der Waals surface area contributed by atoms with E-state index in [9.17, 15) is 14.7 Å². The lowest BCUT2D eigenvalue weighted by molar-refractivity contribution is -0.147. The highest BCUT2D eigenvalue weighted by atomic mass is 16.6. The third kappa shape index (κ3) is 5.33. The summed E-state index contributed by atoms with van der Waals surface area (Å²) in [5, 5.41) is 9.86. The van der Waals surface area contributed by atoms with Crippen molar-refractivity contribution in [2.45, 2.75) is 31.6 Å². The van der Waals surface area contributed by atoms with Gasteiger partial charge in [0.05, 0.1) is 0 Å². The molecule has 37 heavy (non-hydrogen) atoms. The molecule has 3 aromatic carbocycles. The van der Waals surface area contributed by atoms with Gasteiger partial charge in [-0.3, -0.25) is 14.6 Å². The Hall–Kier alpha value is -4.19. The van der Waals surface area contributed by atoms with Crippen molar-refractivity contribution < 1.29 is 24.2 Å². The molecule has 6 heteroatoms. The minimum atomic E-state index is -0.739. The van der Waals surface area contributed by atoms with Gasteiger partial charge >= 0.3 is 5.97 Å². The minimum absolute atomic E-state index is 0.00496. The Morgan fingerprint density at radius 3 is 2.27 bits per heavy atom. The summed E-state index contributed by atoms with van der Waals surface area (Å²) in [6, 6.07) is 26.0. The summed E-state index contributed by atoms with van der Waals surface area (Å²) in [6.07, 6.45) is 0.988. The van der Waals surface area contributed by atoms with Gasteiger partial charge in [0.1, 0.15) is 30.6 Å². The Morgan fingerprint density at radius 2 is 1.57 bits per heavy atom. The van der Waals surface area contributed by atoms with Gasteiger partial charge in [-0.2, -0.15) is 0 Å². The number of hydrogen-bond donors (Lipinski definition) is 1. The Morgan fingerprint density at radius 1 is 0.892 bits per heavy atom. The molecule has 1 aliphatic heterocycles. The van der Waals surface area contributed by atoms with Crippen molar-refractivity contribution in [1.82, 2.24) is 0 Å². The molecule has 0 radical (unpaired) electrons. The number of phenols is 1. The number of benzene rings is 3. The van der Waals surface area contributed by atoms with Crippen molar-refractivity contribution >= 4 is 17.5 Å². The van der Waals surface area contributed by atoms with Crippen LogP contribution in [-0.2, 0) is 14.3 Å². The molecule has 0 aromatic heterocycles. The molecule has 5 rings (SSSR count). The molecule has 2 aliphatic rings. The maximum absolute atomic E-state index is 13.6. The second kappa shape index (κ2) is 10.8. The molecular weight excluding hydrogens is 466 g/mol. The van der Waals surface area contributed by atoms with Gasteiger partial charge in [-0.05, 0) is 54.7 Å². The van der Waals surface area contributed by atoms with E-state index in [2.05, 4.69) is 0 Å². The zero-order chi connectivity index (χ0) is 25.8. The number of para-hydroxylation sites is 1. The summed E-state index contributed by atoms with van der Waals surface area (Å²) in [7, 11) is 0. The van der Waals surface area contributed by atoms with Crippen LogP contribution in [0.25, 0.3) is 0 Å². The van der Waals surface area contributed by atoms with E-state index in [1.54, 1.807) is 24.3 Å². The van der Waals surface area contributed by atoms with Crippen LogP contribution in [0.3, 0.4) is 0 Å². The van der Waals surface area contributed by atoms with E-state index in [0.29, 0.717) is 29.9 Å². The summed E-state index contributed by atoms with van der Waals surface area (Å²) >= 11 is 0. The summed E-state index contributed by atoms with van der Waals surface area (Å²) in [6.45, 7) is 2.12. The van der Waals surface area contributed by atoms with Gasteiger partial charge in [0.2, 0.25) is 0 Å². The molecule has 0 fully saturated rings. The number of nitrogens with zero attached hydrogens (tertiary/aromatic N) is 1. The van der Waals surface area contributed by atoms with Crippen LogP contribution in [-0.4, -0.2) is 35.8 Å². The predicted molar refractivity (Wildman–Crippen MR) is 141 cm³/mol. The van der Waals surface area contributed by atoms with E-state index < -0.39 is 17.8 Å². The van der Waals surface area contributed by atoms with Crippen molar-refractivity contribution in [2.75, 3.05) is 13.2 Å². The van der Waals surface area contributed by atoms with E-state index in [1.165, 1.54) is 0 Å². The van der Waals surface area contributed by atoms with Crippen LogP contribution in [0, 0.1) is 5.92 Å². The van der Waals surface area contributed by atoms with Crippen LogP contribution in [0.4, 0.5) is 0 Å². The lowest BCUT2D eigenvalue weighted by Crippen LogP contribution is -2.38. The van der Waals surface area contributed by atoms with Gasteiger partial charge in [-0.25, -0.2) is 0 Å². The number of phenolic OH excluding ortho intramolecular Hbond substituents is 1. The van der Waals surface area contributed by atoms with Crippen molar-refractivity contribution in [3.63, 3.8) is 0 Å². The summed E-state index contributed by atoms with van der Waals surface area (Å²) in [4.78, 5) is 31.8. The molecule has 0 amide bonds. The van der Waals surface area contributed by atoms with Gasteiger partial charge in [0, 0.05) is 29.3 Å².